The van der Waals surface area contributed by atoms with Gasteiger partial charge in [-0.2, -0.15) is 0 Å². The van der Waals surface area contributed by atoms with Crippen LogP contribution < -0.4 is 5.73 Å². The Hall–Kier alpha value is -0.120. The summed E-state index contributed by atoms with van der Waals surface area (Å²) in [6.45, 7) is 4.70. The first-order valence-corrected chi connectivity index (χ1v) is 6.19. The first-order chi connectivity index (χ1) is 7.24. The predicted molar refractivity (Wildman–Crippen MR) is 59.7 cm³/mol. The van der Waals surface area contributed by atoms with Crippen LogP contribution in [0.4, 0.5) is 0 Å². The molecule has 3 heteroatoms. The van der Waals surface area contributed by atoms with Crippen LogP contribution in [0.25, 0.3) is 0 Å². The first-order valence-electron chi connectivity index (χ1n) is 6.19. The zero-order valence-electron chi connectivity index (χ0n) is 9.65. The van der Waals surface area contributed by atoms with E-state index in [0.717, 1.165) is 37.9 Å². The lowest BCUT2D eigenvalue weighted by Crippen LogP contribution is -2.37. The number of ether oxygens (including phenoxy) is 2. The molecule has 15 heavy (non-hydrogen) atoms. The van der Waals surface area contributed by atoms with E-state index < -0.39 is 0 Å². The van der Waals surface area contributed by atoms with Crippen LogP contribution in [0.15, 0.2) is 0 Å². The highest BCUT2D eigenvalue weighted by molar-refractivity contribution is 4.76. The van der Waals surface area contributed by atoms with E-state index in [1.54, 1.807) is 0 Å². The molecule has 88 valence electrons. The average Bonchev–Trinajstić information content (AvgIpc) is 2.18. The van der Waals surface area contributed by atoms with E-state index in [9.17, 15) is 0 Å². The van der Waals surface area contributed by atoms with Gasteiger partial charge in [-0.3, -0.25) is 0 Å². The van der Waals surface area contributed by atoms with Crippen LogP contribution in [0, 0.1) is 11.8 Å². The molecule has 0 amide bonds. The van der Waals surface area contributed by atoms with Crippen molar-refractivity contribution in [3.8, 4) is 0 Å². The fourth-order valence-corrected chi connectivity index (χ4v) is 2.53. The molecule has 2 atom stereocenters. The van der Waals surface area contributed by atoms with Gasteiger partial charge in [0.2, 0.25) is 0 Å². The summed E-state index contributed by atoms with van der Waals surface area (Å²) in [5.41, 5.74) is 5.75. The summed E-state index contributed by atoms with van der Waals surface area (Å²) >= 11 is 0. The van der Waals surface area contributed by atoms with Crippen molar-refractivity contribution in [3.05, 3.63) is 0 Å². The van der Waals surface area contributed by atoms with Crippen LogP contribution in [-0.4, -0.2) is 32.0 Å². The Morgan fingerprint density at radius 2 is 2.07 bits per heavy atom. The molecule has 0 spiro atoms. The predicted octanol–water partition coefficient (Wildman–Crippen LogP) is 1.56. The second-order valence-electron chi connectivity index (χ2n) is 5.27. The van der Waals surface area contributed by atoms with Crippen molar-refractivity contribution in [1.29, 1.82) is 0 Å². The quantitative estimate of drug-likeness (QED) is 0.770. The molecule has 1 heterocycles. The Morgan fingerprint density at radius 3 is 2.67 bits per heavy atom. The Morgan fingerprint density at radius 1 is 1.27 bits per heavy atom. The van der Waals surface area contributed by atoms with Crippen LogP contribution in [0.3, 0.4) is 0 Å². The van der Waals surface area contributed by atoms with E-state index in [-0.39, 0.29) is 6.04 Å². The average molecular weight is 213 g/mol. The maximum atomic E-state index is 5.75. The largest absolute Gasteiger partial charge is 0.378 e. The number of hydrogen-bond acceptors (Lipinski definition) is 3. The summed E-state index contributed by atoms with van der Waals surface area (Å²) in [5, 5.41) is 0. The molecular formula is C12H23NO2. The van der Waals surface area contributed by atoms with Crippen molar-refractivity contribution in [2.75, 3.05) is 19.8 Å². The minimum absolute atomic E-state index is 0.244. The highest BCUT2D eigenvalue weighted by atomic mass is 16.5. The van der Waals surface area contributed by atoms with Gasteiger partial charge in [0.15, 0.2) is 0 Å². The second-order valence-corrected chi connectivity index (χ2v) is 5.27. The Bertz CT molecular complexity index is 184. The molecule has 0 aromatic carbocycles. The molecule has 2 fully saturated rings. The normalized spacial score (nSPS) is 41.2. The summed E-state index contributed by atoms with van der Waals surface area (Å²) in [4.78, 5) is 0. The van der Waals surface area contributed by atoms with Crippen LogP contribution in [0.5, 0.6) is 0 Å². The van der Waals surface area contributed by atoms with Crippen molar-refractivity contribution in [1.82, 2.24) is 0 Å². The molecular weight excluding hydrogens is 190 g/mol. The lowest BCUT2D eigenvalue weighted by Gasteiger charge is -2.33. The molecule has 2 rings (SSSR count). The topological polar surface area (TPSA) is 44.5 Å². The van der Waals surface area contributed by atoms with E-state index in [0.29, 0.717) is 12.7 Å². The van der Waals surface area contributed by atoms with Crippen LogP contribution in [0.1, 0.15) is 32.6 Å². The van der Waals surface area contributed by atoms with Gasteiger partial charge in [0.25, 0.3) is 0 Å². The zero-order chi connectivity index (χ0) is 10.7. The van der Waals surface area contributed by atoms with Gasteiger partial charge in [-0.15, -0.1) is 0 Å². The Balaban J connectivity index is 1.51. The Kier molecular flexibility index (Phi) is 4.00. The minimum atomic E-state index is 0.244. The molecule has 1 saturated heterocycles. The van der Waals surface area contributed by atoms with Crippen molar-refractivity contribution in [2.24, 2.45) is 17.6 Å². The SMILES string of the molecule is CC1CC(COC[C@@H]2CC[C@@H](N)CO2)C1. The van der Waals surface area contributed by atoms with Gasteiger partial charge in [-0.05, 0) is 37.5 Å². The van der Waals surface area contributed by atoms with Crippen molar-refractivity contribution < 1.29 is 9.47 Å². The van der Waals surface area contributed by atoms with E-state index in [4.69, 9.17) is 15.2 Å². The summed E-state index contributed by atoms with van der Waals surface area (Å²) in [6, 6.07) is 0.244. The summed E-state index contributed by atoms with van der Waals surface area (Å²) in [6.07, 6.45) is 5.12. The van der Waals surface area contributed by atoms with Gasteiger partial charge >= 0.3 is 0 Å². The third kappa shape index (κ3) is 3.44. The molecule has 1 aliphatic heterocycles. The molecule has 0 aromatic rings. The van der Waals surface area contributed by atoms with Gasteiger partial charge in [0, 0.05) is 12.6 Å². The lowest BCUT2D eigenvalue weighted by atomic mass is 9.77. The summed E-state index contributed by atoms with van der Waals surface area (Å²) in [5.74, 6) is 1.73. The standard InChI is InChI=1S/C12H23NO2/c1-9-4-10(5-9)6-14-8-12-3-2-11(13)7-15-12/h9-12H,2-8,13H2,1H3/t9?,10?,11-,12+/m1/s1. The van der Waals surface area contributed by atoms with Gasteiger partial charge in [-0.25, -0.2) is 0 Å². The van der Waals surface area contributed by atoms with E-state index in [2.05, 4.69) is 6.92 Å². The van der Waals surface area contributed by atoms with Crippen molar-refractivity contribution in [3.63, 3.8) is 0 Å². The maximum Gasteiger partial charge on any atom is 0.0809 e. The van der Waals surface area contributed by atoms with Crippen molar-refractivity contribution in [2.45, 2.75) is 44.8 Å². The molecule has 0 bridgehead atoms. The molecule has 2 aliphatic rings. The molecule has 0 unspecified atom stereocenters. The number of nitrogens with two attached hydrogens (primary N) is 1. The first kappa shape index (κ1) is 11.4. The maximum absolute atomic E-state index is 5.75. The number of hydrogen-bond donors (Lipinski definition) is 1. The molecule has 0 aromatic heterocycles. The van der Waals surface area contributed by atoms with Gasteiger partial charge in [0.1, 0.15) is 0 Å². The van der Waals surface area contributed by atoms with Crippen LogP contribution in [-0.2, 0) is 9.47 Å². The van der Waals surface area contributed by atoms with E-state index >= 15 is 0 Å². The fourth-order valence-electron chi connectivity index (χ4n) is 2.53. The van der Waals surface area contributed by atoms with Crippen LogP contribution >= 0.6 is 0 Å². The molecule has 3 nitrogen and oxygen atoms in total. The monoisotopic (exact) mass is 213 g/mol. The van der Waals surface area contributed by atoms with Gasteiger partial charge < -0.3 is 15.2 Å². The summed E-state index contributed by atoms with van der Waals surface area (Å²) in [7, 11) is 0. The van der Waals surface area contributed by atoms with Gasteiger partial charge in [0.05, 0.1) is 19.3 Å². The molecule has 2 N–H and O–H groups in total. The highest BCUT2D eigenvalue weighted by Crippen LogP contribution is 2.33. The lowest BCUT2D eigenvalue weighted by molar-refractivity contribution is -0.0603. The highest BCUT2D eigenvalue weighted by Gasteiger charge is 2.26. The molecule has 0 radical (unpaired) electrons. The third-order valence-electron chi connectivity index (χ3n) is 3.53. The van der Waals surface area contributed by atoms with E-state index in [1.165, 1.54) is 12.8 Å². The fraction of sp³-hybridized carbons (Fsp3) is 1.00. The smallest absolute Gasteiger partial charge is 0.0809 e. The van der Waals surface area contributed by atoms with E-state index in [1.807, 2.05) is 0 Å². The minimum Gasteiger partial charge on any atom is -0.378 e. The third-order valence-corrected chi connectivity index (χ3v) is 3.53. The van der Waals surface area contributed by atoms with Gasteiger partial charge in [-0.1, -0.05) is 6.92 Å². The Labute approximate surface area is 92.3 Å². The summed E-state index contributed by atoms with van der Waals surface area (Å²) < 4.78 is 11.3. The second kappa shape index (κ2) is 5.28. The zero-order valence-corrected chi connectivity index (χ0v) is 9.65. The van der Waals surface area contributed by atoms with Crippen LogP contribution in [0.2, 0.25) is 0 Å². The molecule has 1 aliphatic carbocycles. The number of rotatable bonds is 4. The molecule has 1 saturated carbocycles. The van der Waals surface area contributed by atoms with Crippen molar-refractivity contribution >= 4 is 0 Å².